The normalized spacial score (nSPS) is 22.9. The van der Waals surface area contributed by atoms with Crippen LogP contribution in [0.3, 0.4) is 0 Å². The fourth-order valence-corrected chi connectivity index (χ4v) is 3.81. The number of rotatable bonds is 3. The number of hydrogen-bond acceptors (Lipinski definition) is 3. The standard InChI is InChI=1S/C17H23N3O2/c1-3-19-9-7-12(8-10-19)20-11(2)13-5-4-6-14(16(18)21)15(13)17(20)22/h4-6,11-12H,3,7-10H2,1-2H3,(H2,18,21). The number of nitrogens with zero attached hydrogens (tertiary/aromatic N) is 2. The van der Waals surface area contributed by atoms with Gasteiger partial charge >= 0.3 is 0 Å². The lowest BCUT2D eigenvalue weighted by Gasteiger charge is -2.38. The van der Waals surface area contributed by atoms with Crippen molar-refractivity contribution in [1.29, 1.82) is 0 Å². The average Bonchev–Trinajstić information content (AvgIpc) is 2.79. The second-order valence-corrected chi connectivity index (χ2v) is 6.19. The molecule has 2 aliphatic heterocycles. The van der Waals surface area contributed by atoms with E-state index in [0.29, 0.717) is 11.1 Å². The van der Waals surface area contributed by atoms with Crippen molar-refractivity contribution in [3.05, 3.63) is 34.9 Å². The number of nitrogens with two attached hydrogens (primary N) is 1. The van der Waals surface area contributed by atoms with Crippen LogP contribution in [0, 0.1) is 0 Å². The topological polar surface area (TPSA) is 66.6 Å². The molecule has 1 aromatic rings. The Morgan fingerprint density at radius 3 is 2.59 bits per heavy atom. The summed E-state index contributed by atoms with van der Waals surface area (Å²) < 4.78 is 0. The molecule has 5 heteroatoms. The Balaban J connectivity index is 1.89. The predicted octanol–water partition coefficient (Wildman–Crippen LogP) is 1.79. The van der Waals surface area contributed by atoms with E-state index in [-0.39, 0.29) is 18.0 Å². The molecule has 1 unspecified atom stereocenters. The van der Waals surface area contributed by atoms with Crippen molar-refractivity contribution >= 4 is 11.8 Å². The summed E-state index contributed by atoms with van der Waals surface area (Å²) in [6.07, 6.45) is 1.98. The lowest BCUT2D eigenvalue weighted by Crippen LogP contribution is -2.46. The van der Waals surface area contributed by atoms with Crippen LogP contribution in [-0.4, -0.2) is 47.3 Å². The lowest BCUT2D eigenvalue weighted by atomic mass is 9.99. The van der Waals surface area contributed by atoms with Crippen LogP contribution >= 0.6 is 0 Å². The molecule has 22 heavy (non-hydrogen) atoms. The quantitative estimate of drug-likeness (QED) is 0.925. The molecule has 2 heterocycles. The maximum atomic E-state index is 12.9. The number of carbonyl (C=O) groups is 2. The van der Waals surface area contributed by atoms with Crippen LogP contribution in [-0.2, 0) is 0 Å². The summed E-state index contributed by atoms with van der Waals surface area (Å²) in [6, 6.07) is 5.66. The highest BCUT2D eigenvalue weighted by atomic mass is 16.2. The molecule has 0 saturated carbocycles. The van der Waals surface area contributed by atoms with Gasteiger partial charge in [-0.05, 0) is 37.9 Å². The number of primary amides is 1. The molecule has 1 fully saturated rings. The summed E-state index contributed by atoms with van der Waals surface area (Å²) in [5.41, 5.74) is 7.23. The first kappa shape index (κ1) is 15.0. The number of carbonyl (C=O) groups excluding carboxylic acids is 2. The van der Waals surface area contributed by atoms with E-state index >= 15 is 0 Å². The Morgan fingerprint density at radius 2 is 2.00 bits per heavy atom. The number of likely N-dealkylation sites (tertiary alicyclic amines) is 1. The predicted molar refractivity (Wildman–Crippen MR) is 84.7 cm³/mol. The zero-order valence-corrected chi connectivity index (χ0v) is 13.2. The van der Waals surface area contributed by atoms with Crippen LogP contribution in [0.2, 0.25) is 0 Å². The van der Waals surface area contributed by atoms with Gasteiger partial charge in [-0.2, -0.15) is 0 Å². The summed E-state index contributed by atoms with van der Waals surface area (Å²) >= 11 is 0. The van der Waals surface area contributed by atoms with Gasteiger partial charge in [-0.1, -0.05) is 19.1 Å². The number of hydrogen-bond donors (Lipinski definition) is 1. The van der Waals surface area contributed by atoms with Crippen molar-refractivity contribution in [3.63, 3.8) is 0 Å². The first-order valence-electron chi connectivity index (χ1n) is 8.02. The van der Waals surface area contributed by atoms with E-state index in [4.69, 9.17) is 5.73 Å². The van der Waals surface area contributed by atoms with E-state index in [9.17, 15) is 9.59 Å². The SMILES string of the molecule is CCN1CCC(N2C(=O)c3c(C(N)=O)cccc3C2C)CC1. The zero-order chi connectivity index (χ0) is 15.9. The van der Waals surface area contributed by atoms with E-state index < -0.39 is 5.91 Å². The van der Waals surface area contributed by atoms with Gasteiger partial charge in [-0.3, -0.25) is 9.59 Å². The van der Waals surface area contributed by atoms with Gasteiger partial charge in [0, 0.05) is 19.1 Å². The van der Waals surface area contributed by atoms with Crippen LogP contribution in [0.5, 0.6) is 0 Å². The van der Waals surface area contributed by atoms with Crippen molar-refractivity contribution in [1.82, 2.24) is 9.80 Å². The molecule has 1 aromatic carbocycles. The van der Waals surface area contributed by atoms with Crippen molar-refractivity contribution in [2.45, 2.75) is 38.8 Å². The van der Waals surface area contributed by atoms with E-state index in [1.807, 2.05) is 24.0 Å². The van der Waals surface area contributed by atoms with E-state index in [1.165, 1.54) is 0 Å². The molecule has 0 spiro atoms. The van der Waals surface area contributed by atoms with Crippen LogP contribution in [0.15, 0.2) is 18.2 Å². The zero-order valence-electron chi connectivity index (χ0n) is 13.2. The van der Waals surface area contributed by atoms with Gasteiger partial charge < -0.3 is 15.5 Å². The first-order chi connectivity index (χ1) is 10.5. The summed E-state index contributed by atoms with van der Waals surface area (Å²) in [7, 11) is 0. The highest BCUT2D eigenvalue weighted by molar-refractivity contribution is 6.09. The molecule has 1 saturated heterocycles. The Hall–Kier alpha value is -1.88. The van der Waals surface area contributed by atoms with Gasteiger partial charge in [0.1, 0.15) is 0 Å². The molecule has 0 aromatic heterocycles. The minimum absolute atomic E-state index is 0.0139. The van der Waals surface area contributed by atoms with E-state index in [0.717, 1.165) is 38.0 Å². The molecule has 3 rings (SSSR count). The number of piperidine rings is 1. The van der Waals surface area contributed by atoms with Gasteiger partial charge in [0.05, 0.1) is 17.2 Å². The van der Waals surface area contributed by atoms with Crippen LogP contribution in [0.4, 0.5) is 0 Å². The molecule has 2 aliphatic rings. The Labute approximate surface area is 131 Å². The van der Waals surface area contributed by atoms with Crippen LogP contribution < -0.4 is 5.73 Å². The van der Waals surface area contributed by atoms with Gasteiger partial charge in [0.25, 0.3) is 5.91 Å². The molecular formula is C17H23N3O2. The number of benzene rings is 1. The van der Waals surface area contributed by atoms with Crippen molar-refractivity contribution in [3.8, 4) is 0 Å². The second kappa shape index (κ2) is 5.72. The minimum atomic E-state index is -0.528. The summed E-state index contributed by atoms with van der Waals surface area (Å²) in [6.45, 7) is 7.31. The maximum absolute atomic E-state index is 12.9. The minimum Gasteiger partial charge on any atom is -0.366 e. The fraction of sp³-hybridized carbons (Fsp3) is 0.529. The summed E-state index contributed by atoms with van der Waals surface area (Å²) in [4.78, 5) is 28.9. The molecule has 118 valence electrons. The van der Waals surface area contributed by atoms with Gasteiger partial charge in [0.15, 0.2) is 0 Å². The van der Waals surface area contributed by atoms with Gasteiger partial charge in [-0.25, -0.2) is 0 Å². The van der Waals surface area contributed by atoms with Crippen molar-refractivity contribution in [2.24, 2.45) is 5.73 Å². The summed E-state index contributed by atoms with van der Waals surface area (Å²) in [5.74, 6) is -0.563. The fourth-order valence-electron chi connectivity index (χ4n) is 3.81. The third-order valence-electron chi connectivity index (χ3n) is 5.08. The first-order valence-corrected chi connectivity index (χ1v) is 8.02. The molecule has 2 amide bonds. The molecule has 0 aliphatic carbocycles. The highest BCUT2D eigenvalue weighted by Gasteiger charge is 2.41. The van der Waals surface area contributed by atoms with Crippen molar-refractivity contribution < 1.29 is 9.59 Å². The average molecular weight is 301 g/mol. The Kier molecular flexibility index (Phi) is 3.91. The molecule has 0 radical (unpaired) electrons. The Morgan fingerprint density at radius 1 is 1.32 bits per heavy atom. The largest absolute Gasteiger partial charge is 0.366 e. The van der Waals surface area contributed by atoms with Gasteiger partial charge in [-0.15, -0.1) is 0 Å². The molecule has 2 N–H and O–H groups in total. The third-order valence-corrected chi connectivity index (χ3v) is 5.08. The highest BCUT2D eigenvalue weighted by Crippen LogP contribution is 2.38. The monoisotopic (exact) mass is 301 g/mol. The smallest absolute Gasteiger partial charge is 0.255 e. The lowest BCUT2D eigenvalue weighted by molar-refractivity contribution is 0.0523. The summed E-state index contributed by atoms with van der Waals surface area (Å²) in [5, 5.41) is 0. The number of amides is 2. The third kappa shape index (κ3) is 2.29. The van der Waals surface area contributed by atoms with Crippen LogP contribution in [0.1, 0.15) is 59.0 Å². The molecular weight excluding hydrogens is 278 g/mol. The van der Waals surface area contributed by atoms with Crippen LogP contribution in [0.25, 0.3) is 0 Å². The Bertz CT molecular complexity index is 606. The van der Waals surface area contributed by atoms with E-state index in [2.05, 4.69) is 11.8 Å². The molecule has 1 atom stereocenters. The maximum Gasteiger partial charge on any atom is 0.255 e. The number of fused-ring (bicyclic) bond motifs is 1. The molecule has 5 nitrogen and oxygen atoms in total. The van der Waals surface area contributed by atoms with Gasteiger partial charge in [0.2, 0.25) is 5.91 Å². The van der Waals surface area contributed by atoms with E-state index in [1.54, 1.807) is 6.07 Å². The van der Waals surface area contributed by atoms with Crippen molar-refractivity contribution in [2.75, 3.05) is 19.6 Å². The second-order valence-electron chi connectivity index (χ2n) is 6.19. The molecule has 0 bridgehead atoms.